The second-order valence-electron chi connectivity index (χ2n) is 11.1. The van der Waals surface area contributed by atoms with Crippen LogP contribution in [0.15, 0.2) is 4.99 Å². The molecule has 2 saturated heterocycles. The van der Waals surface area contributed by atoms with Crippen LogP contribution in [0.3, 0.4) is 0 Å². The molecular formula is C27H45N7O4. The van der Waals surface area contributed by atoms with E-state index in [-0.39, 0.29) is 24.3 Å². The fraction of sp³-hybridized carbons (Fsp3) is 0.815. The number of aliphatic imine (C=N–C) groups is 1. The molecule has 0 bridgehead atoms. The lowest BCUT2D eigenvalue weighted by Gasteiger charge is -2.37. The van der Waals surface area contributed by atoms with Gasteiger partial charge in [0.25, 0.3) is 0 Å². The maximum atomic E-state index is 13.7. The van der Waals surface area contributed by atoms with Crippen molar-refractivity contribution in [1.82, 2.24) is 25.8 Å². The number of hydrogen-bond donors (Lipinski definition) is 3. The van der Waals surface area contributed by atoms with Crippen molar-refractivity contribution >= 4 is 23.9 Å². The first-order valence-corrected chi connectivity index (χ1v) is 14.2. The zero-order valence-corrected chi connectivity index (χ0v) is 23.3. The third kappa shape index (κ3) is 8.86. The second kappa shape index (κ2) is 14.3. The highest BCUT2D eigenvalue weighted by atomic mass is 16.5. The minimum absolute atomic E-state index is 0.0773. The van der Waals surface area contributed by atoms with Crippen LogP contribution in [0.2, 0.25) is 0 Å². The summed E-state index contributed by atoms with van der Waals surface area (Å²) in [5.41, 5.74) is -0.907. The number of amides is 3. The number of carbonyl (C=O) groups excluding carboxylic acids is 3. The van der Waals surface area contributed by atoms with Crippen LogP contribution >= 0.6 is 0 Å². The normalized spacial score (nSPS) is 23.3. The summed E-state index contributed by atoms with van der Waals surface area (Å²) in [6, 6.07) is 1.64. The Kier molecular flexibility index (Phi) is 11.2. The number of nitriles is 1. The molecule has 1 unspecified atom stereocenters. The van der Waals surface area contributed by atoms with E-state index in [1.807, 2.05) is 11.9 Å². The highest BCUT2D eigenvalue weighted by molar-refractivity contribution is 5.96. The molecule has 11 heteroatoms. The summed E-state index contributed by atoms with van der Waals surface area (Å²) in [4.78, 5) is 46.5. The van der Waals surface area contributed by atoms with E-state index in [0.717, 1.165) is 45.2 Å². The lowest BCUT2D eigenvalue weighted by atomic mass is 9.84. The molecule has 0 aromatic heterocycles. The Morgan fingerprint density at radius 1 is 1.11 bits per heavy atom. The monoisotopic (exact) mass is 531 g/mol. The van der Waals surface area contributed by atoms with Gasteiger partial charge >= 0.3 is 6.09 Å². The summed E-state index contributed by atoms with van der Waals surface area (Å²) in [6.45, 7) is 6.71. The predicted molar refractivity (Wildman–Crippen MR) is 144 cm³/mol. The highest BCUT2D eigenvalue weighted by Gasteiger charge is 2.38. The quantitative estimate of drug-likeness (QED) is 0.321. The van der Waals surface area contributed by atoms with E-state index in [4.69, 9.17) is 9.73 Å². The number of alkyl carbamates (subject to hydrolysis) is 1. The van der Waals surface area contributed by atoms with Crippen LogP contribution < -0.4 is 16.0 Å². The van der Waals surface area contributed by atoms with Gasteiger partial charge in [-0.2, -0.15) is 5.26 Å². The van der Waals surface area contributed by atoms with E-state index in [9.17, 15) is 19.6 Å². The lowest BCUT2D eigenvalue weighted by Crippen LogP contribution is -2.56. The number of ether oxygens (including phenoxy) is 1. The molecule has 38 heavy (non-hydrogen) atoms. The zero-order chi connectivity index (χ0) is 27.5. The Labute approximate surface area is 226 Å². The number of rotatable bonds is 8. The van der Waals surface area contributed by atoms with Gasteiger partial charge in [0.1, 0.15) is 11.6 Å². The van der Waals surface area contributed by atoms with Crippen LogP contribution in [-0.2, 0) is 14.3 Å². The van der Waals surface area contributed by atoms with Crippen molar-refractivity contribution in [3.05, 3.63) is 0 Å². The van der Waals surface area contributed by atoms with Gasteiger partial charge in [0.15, 0.2) is 0 Å². The summed E-state index contributed by atoms with van der Waals surface area (Å²) >= 11 is 0. The third-order valence-corrected chi connectivity index (χ3v) is 7.99. The predicted octanol–water partition coefficient (Wildman–Crippen LogP) is 1.99. The van der Waals surface area contributed by atoms with Crippen LogP contribution in [0.5, 0.6) is 0 Å². The molecule has 3 amide bonds. The van der Waals surface area contributed by atoms with E-state index in [1.54, 1.807) is 6.92 Å². The topological polar surface area (TPSA) is 139 Å². The first kappa shape index (κ1) is 29.7. The summed E-state index contributed by atoms with van der Waals surface area (Å²) in [7, 11) is 2.02. The number of nitrogens with zero attached hydrogens (tertiary/aromatic N) is 4. The van der Waals surface area contributed by atoms with Gasteiger partial charge in [0.2, 0.25) is 17.8 Å². The fourth-order valence-electron chi connectivity index (χ4n) is 5.62. The van der Waals surface area contributed by atoms with E-state index >= 15 is 0 Å². The molecule has 1 saturated carbocycles. The molecular weight excluding hydrogens is 486 g/mol. The summed E-state index contributed by atoms with van der Waals surface area (Å²) in [6.07, 6.45) is 7.52. The summed E-state index contributed by atoms with van der Waals surface area (Å²) in [5.74, 6) is 0.554. The van der Waals surface area contributed by atoms with Gasteiger partial charge in [-0.15, -0.1) is 0 Å². The molecule has 3 rings (SSSR count). The summed E-state index contributed by atoms with van der Waals surface area (Å²) in [5, 5.41) is 18.7. The SMILES string of the molecule is CCOC(=O)NC(=N[C@@H](CC1CCCCC1)C(=O)NC1(C#N)CCN(C)CC1)N1CCC(CNC(C)=O)C1. The van der Waals surface area contributed by atoms with Crippen molar-refractivity contribution in [2.45, 2.75) is 83.2 Å². The van der Waals surface area contributed by atoms with Crippen LogP contribution in [0.1, 0.15) is 71.6 Å². The smallest absolute Gasteiger partial charge is 0.413 e. The molecule has 1 aliphatic carbocycles. The van der Waals surface area contributed by atoms with Gasteiger partial charge in [-0.05, 0) is 51.5 Å². The number of nitrogens with one attached hydrogen (secondary N) is 3. The van der Waals surface area contributed by atoms with Gasteiger partial charge in [-0.25, -0.2) is 9.79 Å². The van der Waals surface area contributed by atoms with Crippen LogP contribution in [0.4, 0.5) is 4.79 Å². The number of carbonyl (C=O) groups is 3. The molecule has 212 valence electrons. The molecule has 0 radical (unpaired) electrons. The third-order valence-electron chi connectivity index (χ3n) is 7.99. The molecule has 2 atom stereocenters. The van der Waals surface area contributed by atoms with Crippen molar-refractivity contribution < 1.29 is 19.1 Å². The van der Waals surface area contributed by atoms with Crippen molar-refractivity contribution in [2.24, 2.45) is 16.8 Å². The van der Waals surface area contributed by atoms with Gasteiger partial charge in [-0.1, -0.05) is 32.1 Å². The molecule has 11 nitrogen and oxygen atoms in total. The fourth-order valence-corrected chi connectivity index (χ4v) is 5.62. The van der Waals surface area contributed by atoms with Crippen LogP contribution in [-0.4, -0.2) is 91.6 Å². The van der Waals surface area contributed by atoms with E-state index < -0.39 is 17.7 Å². The largest absolute Gasteiger partial charge is 0.450 e. The number of likely N-dealkylation sites (tertiary alicyclic amines) is 2. The molecule has 3 fully saturated rings. The van der Waals surface area contributed by atoms with Crippen LogP contribution in [0.25, 0.3) is 0 Å². The number of piperidine rings is 1. The van der Waals surface area contributed by atoms with Crippen molar-refractivity contribution in [2.75, 3.05) is 46.4 Å². The maximum Gasteiger partial charge on any atom is 0.413 e. The lowest BCUT2D eigenvalue weighted by molar-refractivity contribution is -0.124. The Morgan fingerprint density at radius 2 is 1.82 bits per heavy atom. The molecule has 3 aliphatic rings. The Hall–Kier alpha value is -2.87. The first-order chi connectivity index (χ1) is 18.2. The van der Waals surface area contributed by atoms with Crippen molar-refractivity contribution in [1.29, 1.82) is 5.26 Å². The Morgan fingerprint density at radius 3 is 2.45 bits per heavy atom. The molecule has 2 aliphatic heterocycles. The average molecular weight is 532 g/mol. The van der Waals surface area contributed by atoms with Crippen LogP contribution in [0, 0.1) is 23.2 Å². The molecule has 2 heterocycles. The van der Waals surface area contributed by atoms with Crippen molar-refractivity contribution in [3.63, 3.8) is 0 Å². The minimum Gasteiger partial charge on any atom is -0.450 e. The second-order valence-corrected chi connectivity index (χ2v) is 11.1. The van der Waals surface area contributed by atoms with Gasteiger partial charge in [0.05, 0.1) is 12.7 Å². The zero-order valence-electron chi connectivity index (χ0n) is 23.3. The first-order valence-electron chi connectivity index (χ1n) is 14.2. The molecule has 0 spiro atoms. The van der Waals surface area contributed by atoms with Gasteiger partial charge in [-0.3, -0.25) is 14.9 Å². The molecule has 3 N–H and O–H groups in total. The van der Waals surface area contributed by atoms with Gasteiger partial charge < -0.3 is 25.2 Å². The van der Waals surface area contributed by atoms with E-state index in [1.165, 1.54) is 13.3 Å². The summed E-state index contributed by atoms with van der Waals surface area (Å²) < 4.78 is 5.13. The van der Waals surface area contributed by atoms with E-state index in [2.05, 4.69) is 26.9 Å². The number of hydrogen-bond acceptors (Lipinski definition) is 7. The Balaban J connectivity index is 1.83. The molecule has 0 aromatic rings. The van der Waals surface area contributed by atoms with E-state index in [0.29, 0.717) is 50.8 Å². The van der Waals surface area contributed by atoms with Crippen molar-refractivity contribution in [3.8, 4) is 6.07 Å². The van der Waals surface area contributed by atoms with Gasteiger partial charge in [0, 0.05) is 39.6 Å². The molecule has 0 aromatic carbocycles. The average Bonchev–Trinajstić information content (AvgIpc) is 3.38. The maximum absolute atomic E-state index is 13.7. The number of guanidine groups is 1. The minimum atomic E-state index is -0.907. The standard InChI is InChI=1S/C27H45N7O4/c1-4-38-26(37)31-25(34-13-10-22(18-34)17-29-20(2)35)30-23(16-21-8-6-5-7-9-21)24(36)32-27(19-28)11-14-33(3)15-12-27/h21-23H,4-18H2,1-3H3,(H,29,35)(H,32,36)(H,30,31,37)/t22?,23-/m0/s1. The Bertz CT molecular complexity index is 888. The highest BCUT2D eigenvalue weighted by Crippen LogP contribution is 2.29.